The van der Waals surface area contributed by atoms with E-state index in [0.717, 1.165) is 36.3 Å². The van der Waals surface area contributed by atoms with Crippen molar-refractivity contribution in [2.24, 2.45) is 0 Å². The molecule has 29 heavy (non-hydrogen) atoms. The zero-order valence-corrected chi connectivity index (χ0v) is 17.1. The molecule has 4 amide bonds. The molecule has 0 radical (unpaired) electrons. The molecule has 0 aromatic heterocycles. The van der Waals surface area contributed by atoms with Crippen LogP contribution in [0.3, 0.4) is 0 Å². The number of hydrogen-bond acceptors (Lipinski definition) is 6. The van der Waals surface area contributed by atoms with Crippen LogP contribution in [0.4, 0.5) is 10.5 Å². The Morgan fingerprint density at radius 1 is 1.24 bits per heavy atom. The monoisotopic (exact) mass is 419 g/mol. The van der Waals surface area contributed by atoms with Crippen LogP contribution in [-0.2, 0) is 19.1 Å². The first kappa shape index (κ1) is 21.2. The van der Waals surface area contributed by atoms with Crippen molar-refractivity contribution in [3.8, 4) is 0 Å². The number of urea groups is 1. The van der Waals surface area contributed by atoms with E-state index in [9.17, 15) is 19.2 Å². The first-order valence-corrected chi connectivity index (χ1v) is 10.8. The summed E-state index contributed by atoms with van der Waals surface area (Å²) in [4.78, 5) is 50.8. The third-order valence-corrected chi connectivity index (χ3v) is 6.00. The smallest absolute Gasteiger partial charge is 0.321 e. The van der Waals surface area contributed by atoms with Crippen LogP contribution in [0.15, 0.2) is 29.2 Å². The SMILES string of the molecule is C[C@H](OC(=O)CCN1C(=O)CSc2ccccc21)C(=O)NC(=O)NC1CCCC1. The Morgan fingerprint density at radius 3 is 2.72 bits per heavy atom. The number of esters is 1. The molecular formula is C20H25N3O5S. The van der Waals surface area contributed by atoms with Crippen LogP contribution in [0.25, 0.3) is 0 Å². The van der Waals surface area contributed by atoms with E-state index >= 15 is 0 Å². The van der Waals surface area contributed by atoms with Crippen LogP contribution in [0, 0.1) is 0 Å². The Kier molecular flexibility index (Phi) is 7.13. The number of hydrogen-bond donors (Lipinski definition) is 2. The number of fused-ring (bicyclic) bond motifs is 1. The number of carbonyl (C=O) groups excluding carboxylic acids is 4. The largest absolute Gasteiger partial charge is 0.452 e. The molecule has 0 unspecified atom stereocenters. The summed E-state index contributed by atoms with van der Waals surface area (Å²) in [5.74, 6) is -1.03. The van der Waals surface area contributed by atoms with Gasteiger partial charge in [-0.2, -0.15) is 0 Å². The number of para-hydroxylation sites is 1. The van der Waals surface area contributed by atoms with Crippen molar-refractivity contribution in [3.05, 3.63) is 24.3 Å². The van der Waals surface area contributed by atoms with E-state index in [4.69, 9.17) is 4.74 Å². The van der Waals surface area contributed by atoms with Crippen molar-refractivity contribution in [3.63, 3.8) is 0 Å². The lowest BCUT2D eigenvalue weighted by atomic mass is 10.2. The lowest BCUT2D eigenvalue weighted by Gasteiger charge is -2.28. The molecule has 3 rings (SSSR count). The first-order valence-electron chi connectivity index (χ1n) is 9.77. The van der Waals surface area contributed by atoms with Gasteiger partial charge in [0.05, 0.1) is 17.9 Å². The van der Waals surface area contributed by atoms with Crippen LogP contribution in [0.5, 0.6) is 0 Å². The van der Waals surface area contributed by atoms with Gasteiger partial charge in [-0.25, -0.2) is 4.79 Å². The second-order valence-corrected chi connectivity index (χ2v) is 8.15. The Bertz CT molecular complexity index is 794. The molecule has 9 heteroatoms. The van der Waals surface area contributed by atoms with Crippen molar-refractivity contribution in [2.75, 3.05) is 17.2 Å². The summed E-state index contributed by atoms with van der Waals surface area (Å²) in [7, 11) is 0. The quantitative estimate of drug-likeness (QED) is 0.685. The fourth-order valence-corrected chi connectivity index (χ4v) is 4.35. The third kappa shape index (κ3) is 5.72. The van der Waals surface area contributed by atoms with Gasteiger partial charge in [0, 0.05) is 17.5 Å². The molecule has 0 bridgehead atoms. The third-order valence-electron chi connectivity index (χ3n) is 4.95. The van der Waals surface area contributed by atoms with E-state index in [2.05, 4.69) is 10.6 Å². The highest BCUT2D eigenvalue weighted by Gasteiger charge is 2.26. The maximum absolute atomic E-state index is 12.2. The Labute approximate surface area is 173 Å². The average Bonchev–Trinajstić information content (AvgIpc) is 3.19. The van der Waals surface area contributed by atoms with Gasteiger partial charge in [0.1, 0.15) is 0 Å². The van der Waals surface area contributed by atoms with E-state index in [1.165, 1.54) is 18.7 Å². The van der Waals surface area contributed by atoms with E-state index < -0.39 is 24.0 Å². The first-order chi connectivity index (χ1) is 13.9. The zero-order valence-electron chi connectivity index (χ0n) is 16.3. The molecule has 1 aromatic carbocycles. The fraction of sp³-hybridized carbons (Fsp3) is 0.500. The fourth-order valence-electron chi connectivity index (χ4n) is 3.42. The predicted molar refractivity (Wildman–Crippen MR) is 109 cm³/mol. The summed E-state index contributed by atoms with van der Waals surface area (Å²) >= 11 is 1.47. The Balaban J connectivity index is 1.44. The van der Waals surface area contributed by atoms with Crippen molar-refractivity contribution in [2.45, 2.75) is 56.1 Å². The predicted octanol–water partition coefficient (Wildman–Crippen LogP) is 2.22. The number of anilines is 1. The molecular weight excluding hydrogens is 394 g/mol. The molecule has 1 aromatic rings. The van der Waals surface area contributed by atoms with Crippen molar-refractivity contribution in [1.29, 1.82) is 0 Å². The van der Waals surface area contributed by atoms with Crippen LogP contribution in [0.2, 0.25) is 0 Å². The number of benzene rings is 1. The maximum Gasteiger partial charge on any atom is 0.321 e. The molecule has 156 valence electrons. The van der Waals surface area contributed by atoms with Gasteiger partial charge in [-0.1, -0.05) is 25.0 Å². The van der Waals surface area contributed by atoms with Crippen LogP contribution in [0.1, 0.15) is 39.0 Å². The number of rotatable bonds is 6. The second-order valence-electron chi connectivity index (χ2n) is 7.13. The van der Waals surface area contributed by atoms with E-state index in [1.54, 1.807) is 4.90 Å². The number of thioether (sulfide) groups is 1. The van der Waals surface area contributed by atoms with Crippen molar-refractivity contribution in [1.82, 2.24) is 10.6 Å². The molecule has 1 atom stereocenters. The van der Waals surface area contributed by atoms with Gasteiger partial charge in [0.2, 0.25) is 5.91 Å². The average molecular weight is 420 g/mol. The molecule has 1 fully saturated rings. The number of carbonyl (C=O) groups is 4. The van der Waals surface area contributed by atoms with E-state index in [-0.39, 0.29) is 24.9 Å². The zero-order chi connectivity index (χ0) is 20.8. The Hall–Kier alpha value is -2.55. The van der Waals surface area contributed by atoms with Gasteiger partial charge in [0.25, 0.3) is 5.91 Å². The summed E-state index contributed by atoms with van der Waals surface area (Å²) in [5, 5.41) is 4.95. The minimum Gasteiger partial charge on any atom is -0.452 e. The summed E-state index contributed by atoms with van der Waals surface area (Å²) in [6, 6.07) is 7.02. The number of imide groups is 1. The molecule has 0 spiro atoms. The maximum atomic E-state index is 12.2. The van der Waals surface area contributed by atoms with Crippen LogP contribution in [-0.4, -0.2) is 48.3 Å². The molecule has 1 aliphatic heterocycles. The van der Waals surface area contributed by atoms with Gasteiger partial charge in [0.15, 0.2) is 6.10 Å². The van der Waals surface area contributed by atoms with Crippen LogP contribution < -0.4 is 15.5 Å². The summed E-state index contributed by atoms with van der Waals surface area (Å²) in [5.41, 5.74) is 0.774. The topological polar surface area (TPSA) is 105 Å². The molecule has 0 saturated heterocycles. The minimum absolute atomic E-state index is 0.0450. The van der Waals surface area contributed by atoms with Gasteiger partial charge >= 0.3 is 12.0 Å². The molecule has 8 nitrogen and oxygen atoms in total. The van der Waals surface area contributed by atoms with E-state index in [0.29, 0.717) is 5.75 Å². The molecule has 2 N–H and O–H groups in total. The van der Waals surface area contributed by atoms with Crippen molar-refractivity contribution >= 4 is 41.3 Å². The normalized spacial score (nSPS) is 17.4. The highest BCUT2D eigenvalue weighted by atomic mass is 32.2. The van der Waals surface area contributed by atoms with Crippen molar-refractivity contribution < 1.29 is 23.9 Å². The number of nitrogens with one attached hydrogen (secondary N) is 2. The summed E-state index contributed by atoms with van der Waals surface area (Å²) < 4.78 is 5.12. The molecule has 1 saturated carbocycles. The molecule has 1 heterocycles. The van der Waals surface area contributed by atoms with Crippen LogP contribution >= 0.6 is 11.8 Å². The van der Waals surface area contributed by atoms with Gasteiger partial charge < -0.3 is 15.0 Å². The summed E-state index contributed by atoms with van der Waals surface area (Å²) in [6.45, 7) is 1.58. The highest BCUT2D eigenvalue weighted by Crippen LogP contribution is 2.34. The van der Waals surface area contributed by atoms with Gasteiger partial charge in [-0.15, -0.1) is 11.8 Å². The lowest BCUT2D eigenvalue weighted by molar-refractivity contribution is -0.154. The van der Waals surface area contributed by atoms with Gasteiger partial charge in [-0.05, 0) is 31.9 Å². The van der Waals surface area contributed by atoms with Gasteiger partial charge in [-0.3, -0.25) is 19.7 Å². The molecule has 1 aliphatic carbocycles. The number of ether oxygens (including phenoxy) is 1. The Morgan fingerprint density at radius 2 is 1.97 bits per heavy atom. The lowest BCUT2D eigenvalue weighted by Crippen LogP contribution is -2.47. The standard InChI is InChI=1S/C20H25N3O5S/c1-13(19(26)22-20(27)21-14-6-2-3-7-14)28-18(25)10-11-23-15-8-4-5-9-16(15)29-12-17(23)24/h4-5,8-9,13-14H,2-3,6-7,10-12H2,1H3,(H2,21,22,26,27)/t13-/m0/s1. The second kappa shape index (κ2) is 9.78. The van der Waals surface area contributed by atoms with E-state index in [1.807, 2.05) is 24.3 Å². The number of amides is 4. The highest BCUT2D eigenvalue weighted by molar-refractivity contribution is 8.00. The number of nitrogens with zero attached hydrogens (tertiary/aromatic N) is 1. The molecule has 2 aliphatic rings. The minimum atomic E-state index is -1.10. The summed E-state index contributed by atoms with van der Waals surface area (Å²) in [6.07, 6.45) is 2.80.